The SMILES string of the molecule is CC1(C)c2ccc[c-]c2N(c2[c-]c(Oc3[c-]c(-c4ccccn4)ccc3)ccc2)c2ccc3sc4ccccc4c3c21.[Pd]. The van der Waals surface area contributed by atoms with E-state index in [1.165, 1.54) is 31.3 Å². The zero-order valence-electron chi connectivity index (χ0n) is 23.5. The van der Waals surface area contributed by atoms with Gasteiger partial charge < -0.3 is 14.6 Å². The van der Waals surface area contributed by atoms with Crippen molar-refractivity contribution >= 4 is 48.6 Å². The first-order valence-electron chi connectivity index (χ1n) is 14.0. The standard InChI is InChI=1S/C38H25N2OS.Pd/c1-38(2)30-16-4-5-18-32(30)40(33-20-21-35-36(37(33)38)29-15-3-6-19-34(29)42-35)26-12-10-14-28(24-26)41-27-13-9-11-25(23-27)31-17-7-8-22-39-31;/h3-17,19-22H,1-2H3;/q-3;. The van der Waals surface area contributed by atoms with Gasteiger partial charge in [0.2, 0.25) is 0 Å². The molecule has 2 aromatic heterocycles. The zero-order valence-corrected chi connectivity index (χ0v) is 25.9. The Balaban J connectivity index is 0.00000300. The van der Waals surface area contributed by atoms with Gasteiger partial charge in [-0.25, -0.2) is 0 Å². The summed E-state index contributed by atoms with van der Waals surface area (Å²) in [6.07, 6.45) is 1.78. The molecule has 0 unspecified atom stereocenters. The Labute approximate surface area is 269 Å². The summed E-state index contributed by atoms with van der Waals surface area (Å²) in [5, 5.41) is 2.63. The van der Waals surface area contributed by atoms with Gasteiger partial charge in [0.1, 0.15) is 0 Å². The van der Waals surface area contributed by atoms with Crippen LogP contribution in [0.5, 0.6) is 11.5 Å². The van der Waals surface area contributed by atoms with Crippen molar-refractivity contribution in [3.05, 3.63) is 145 Å². The van der Waals surface area contributed by atoms with Gasteiger partial charge in [-0.05, 0) is 40.9 Å². The van der Waals surface area contributed by atoms with Crippen LogP contribution in [-0.2, 0) is 25.8 Å². The first-order valence-corrected chi connectivity index (χ1v) is 14.8. The monoisotopic (exact) mass is 663 g/mol. The second-order valence-electron chi connectivity index (χ2n) is 11.0. The summed E-state index contributed by atoms with van der Waals surface area (Å²) in [5.74, 6) is 1.23. The first kappa shape index (κ1) is 27.6. The molecule has 0 fully saturated rings. The van der Waals surface area contributed by atoms with Gasteiger partial charge in [0.25, 0.3) is 0 Å². The van der Waals surface area contributed by atoms with Crippen molar-refractivity contribution in [3.63, 3.8) is 0 Å². The smallest absolute Gasteiger partial charge is 0.0457 e. The van der Waals surface area contributed by atoms with Crippen molar-refractivity contribution in [2.24, 2.45) is 0 Å². The van der Waals surface area contributed by atoms with Crippen LogP contribution >= 0.6 is 11.3 Å². The molecule has 0 saturated carbocycles. The molecule has 0 spiro atoms. The minimum atomic E-state index is -0.225. The summed E-state index contributed by atoms with van der Waals surface area (Å²) < 4.78 is 8.94. The van der Waals surface area contributed by atoms with Crippen LogP contribution in [0.1, 0.15) is 25.0 Å². The number of hydrogen-bond acceptors (Lipinski definition) is 4. The van der Waals surface area contributed by atoms with Crippen molar-refractivity contribution in [2.45, 2.75) is 19.3 Å². The molecule has 0 atom stereocenters. The second-order valence-corrected chi connectivity index (χ2v) is 12.1. The van der Waals surface area contributed by atoms with E-state index in [4.69, 9.17) is 4.74 Å². The van der Waals surface area contributed by atoms with E-state index in [2.05, 4.69) is 96.5 Å². The number of anilines is 3. The largest absolute Gasteiger partial charge is 0.503 e. The molecule has 0 saturated heterocycles. The van der Waals surface area contributed by atoms with Crippen LogP contribution in [0.15, 0.2) is 115 Å². The van der Waals surface area contributed by atoms with E-state index in [1.54, 1.807) is 6.20 Å². The molecule has 5 aromatic carbocycles. The summed E-state index contributed by atoms with van der Waals surface area (Å²) in [5.41, 5.74) is 7.13. The number of thiophene rings is 1. The Morgan fingerprint density at radius 1 is 0.767 bits per heavy atom. The van der Waals surface area contributed by atoms with Gasteiger partial charge in [0.15, 0.2) is 0 Å². The Kier molecular flexibility index (Phi) is 6.91. The third-order valence-electron chi connectivity index (χ3n) is 8.04. The molecule has 3 heterocycles. The topological polar surface area (TPSA) is 25.4 Å². The van der Waals surface area contributed by atoms with E-state index in [1.807, 2.05) is 65.9 Å². The Morgan fingerprint density at radius 3 is 2.44 bits per heavy atom. The van der Waals surface area contributed by atoms with Crippen molar-refractivity contribution in [2.75, 3.05) is 4.90 Å². The van der Waals surface area contributed by atoms with E-state index in [-0.39, 0.29) is 25.8 Å². The number of aromatic nitrogens is 1. The average Bonchev–Trinajstić information content (AvgIpc) is 3.41. The molecule has 1 aliphatic heterocycles. The van der Waals surface area contributed by atoms with E-state index in [9.17, 15) is 0 Å². The third-order valence-corrected chi connectivity index (χ3v) is 9.18. The van der Waals surface area contributed by atoms with Crippen molar-refractivity contribution in [1.82, 2.24) is 4.98 Å². The minimum absolute atomic E-state index is 0. The molecule has 0 amide bonds. The van der Waals surface area contributed by atoms with Crippen LogP contribution < -0.4 is 9.64 Å². The molecule has 5 heteroatoms. The molecule has 212 valence electrons. The maximum Gasteiger partial charge on any atom is 0.0457 e. The second kappa shape index (κ2) is 10.8. The van der Waals surface area contributed by atoms with E-state index in [0.29, 0.717) is 11.5 Å². The fraction of sp³-hybridized carbons (Fsp3) is 0.0789. The van der Waals surface area contributed by atoms with E-state index in [0.717, 1.165) is 28.3 Å². The predicted molar refractivity (Wildman–Crippen MR) is 172 cm³/mol. The third kappa shape index (κ3) is 4.56. The van der Waals surface area contributed by atoms with Gasteiger partial charge in [0.05, 0.1) is 0 Å². The van der Waals surface area contributed by atoms with Crippen molar-refractivity contribution in [3.8, 4) is 22.8 Å². The number of hydrogen-bond donors (Lipinski definition) is 0. The number of benzene rings is 5. The van der Waals surface area contributed by atoms with Crippen molar-refractivity contribution < 1.29 is 25.2 Å². The average molecular weight is 664 g/mol. The molecule has 0 N–H and O–H groups in total. The van der Waals surface area contributed by atoms with Gasteiger partial charge in [0, 0.05) is 64.0 Å². The van der Waals surface area contributed by atoms with Crippen LogP contribution in [-0.4, -0.2) is 4.98 Å². The minimum Gasteiger partial charge on any atom is -0.503 e. The van der Waals surface area contributed by atoms with Crippen LogP contribution in [0.3, 0.4) is 0 Å². The summed E-state index contributed by atoms with van der Waals surface area (Å²) >= 11 is 1.85. The van der Waals surface area contributed by atoms with Gasteiger partial charge in [-0.1, -0.05) is 61.6 Å². The fourth-order valence-corrected chi connectivity index (χ4v) is 7.28. The first-order chi connectivity index (χ1) is 20.6. The van der Waals surface area contributed by atoms with Gasteiger partial charge in [-0.2, -0.15) is 30.3 Å². The summed E-state index contributed by atoms with van der Waals surface area (Å²) in [4.78, 5) is 6.74. The van der Waals surface area contributed by atoms with Crippen LogP contribution in [0.25, 0.3) is 31.4 Å². The number of fused-ring (bicyclic) bond motifs is 6. The number of nitrogens with zero attached hydrogens (tertiary/aromatic N) is 2. The fourth-order valence-electron chi connectivity index (χ4n) is 6.17. The van der Waals surface area contributed by atoms with Crippen LogP contribution in [0.4, 0.5) is 17.1 Å². The van der Waals surface area contributed by atoms with Crippen LogP contribution in [0.2, 0.25) is 0 Å². The quantitative estimate of drug-likeness (QED) is 0.138. The summed E-state index contributed by atoms with van der Waals surface area (Å²) in [6, 6.07) is 47.8. The normalized spacial score (nSPS) is 13.3. The number of pyridine rings is 1. The van der Waals surface area contributed by atoms with Gasteiger partial charge >= 0.3 is 0 Å². The number of para-hydroxylation sites is 1. The van der Waals surface area contributed by atoms with Crippen molar-refractivity contribution in [1.29, 1.82) is 0 Å². The van der Waals surface area contributed by atoms with Crippen LogP contribution in [0, 0.1) is 18.2 Å². The Bertz CT molecular complexity index is 2120. The Hall–Kier alpha value is -4.27. The molecule has 0 aliphatic carbocycles. The molecule has 0 radical (unpaired) electrons. The molecule has 7 aromatic rings. The Morgan fingerprint density at radius 2 is 1.58 bits per heavy atom. The molecular formula is C38H25N2OPdS-3. The molecule has 0 bridgehead atoms. The number of rotatable bonds is 4. The van der Waals surface area contributed by atoms with E-state index >= 15 is 0 Å². The molecule has 8 rings (SSSR count). The maximum absolute atomic E-state index is 6.33. The molecule has 43 heavy (non-hydrogen) atoms. The summed E-state index contributed by atoms with van der Waals surface area (Å²) in [7, 11) is 0. The maximum atomic E-state index is 6.33. The molecular weight excluding hydrogens is 639 g/mol. The van der Waals surface area contributed by atoms with Gasteiger partial charge in [-0.15, -0.1) is 58.9 Å². The molecule has 1 aliphatic rings. The van der Waals surface area contributed by atoms with Gasteiger partial charge in [-0.3, -0.25) is 0 Å². The summed E-state index contributed by atoms with van der Waals surface area (Å²) in [6.45, 7) is 4.66. The predicted octanol–water partition coefficient (Wildman–Crippen LogP) is 10.4. The zero-order chi connectivity index (χ0) is 28.3. The molecule has 3 nitrogen and oxygen atoms in total. The number of ether oxygens (including phenoxy) is 1. The van der Waals surface area contributed by atoms with E-state index < -0.39 is 0 Å².